The molecule has 0 aliphatic heterocycles. The van der Waals surface area contributed by atoms with Crippen LogP contribution in [0.4, 0.5) is 0 Å². The van der Waals surface area contributed by atoms with Gasteiger partial charge in [0.2, 0.25) is 0 Å². The maximum atomic E-state index is 12.4. The third-order valence-electron chi connectivity index (χ3n) is 7.75. The molecule has 0 unspecified atom stereocenters. The molecule has 0 aromatic carbocycles. The van der Waals surface area contributed by atoms with Gasteiger partial charge in [-0.25, -0.2) is 0 Å². The molecule has 2 heteroatoms. The first-order chi connectivity index (χ1) is 9.95. The Hall–Kier alpha value is -0.300. The summed E-state index contributed by atoms with van der Waals surface area (Å²) >= 11 is 6.42. The monoisotopic (exact) mass is 306 g/mol. The van der Waals surface area contributed by atoms with Gasteiger partial charge in [-0.2, -0.15) is 0 Å². The Balaban J connectivity index is 1.69. The molecule has 0 aromatic rings. The predicted molar refractivity (Wildman–Crippen MR) is 86.4 cm³/mol. The van der Waals surface area contributed by atoms with Crippen LogP contribution in [0, 0.1) is 28.6 Å². The van der Waals surface area contributed by atoms with Crippen molar-refractivity contribution in [3.63, 3.8) is 0 Å². The summed E-state index contributed by atoms with van der Waals surface area (Å²) in [6.45, 7) is 4.76. The third kappa shape index (κ3) is 1.85. The van der Waals surface area contributed by atoms with Crippen LogP contribution in [-0.4, -0.2) is 11.2 Å². The van der Waals surface area contributed by atoms with Crippen LogP contribution in [0.2, 0.25) is 0 Å². The number of fused-ring (bicyclic) bond motifs is 5. The number of rotatable bonds is 0. The molecular formula is C19H27ClO. The van der Waals surface area contributed by atoms with Crippen molar-refractivity contribution in [2.45, 2.75) is 70.6 Å². The highest BCUT2D eigenvalue weighted by Crippen LogP contribution is 2.64. The first-order valence-corrected chi connectivity index (χ1v) is 9.26. The molecule has 0 N–H and O–H groups in total. The molecule has 4 rings (SSSR count). The molecule has 0 aromatic heterocycles. The van der Waals surface area contributed by atoms with Gasteiger partial charge in [-0.3, -0.25) is 4.79 Å². The van der Waals surface area contributed by atoms with E-state index in [9.17, 15) is 4.79 Å². The van der Waals surface area contributed by atoms with Crippen LogP contribution in [-0.2, 0) is 4.79 Å². The first kappa shape index (κ1) is 14.3. The number of halogens is 1. The van der Waals surface area contributed by atoms with Gasteiger partial charge in [-0.1, -0.05) is 25.5 Å². The van der Waals surface area contributed by atoms with Gasteiger partial charge in [0.1, 0.15) is 5.78 Å². The molecule has 1 nitrogen and oxygen atoms in total. The maximum absolute atomic E-state index is 12.4. The van der Waals surface area contributed by atoms with Gasteiger partial charge < -0.3 is 0 Å². The van der Waals surface area contributed by atoms with Crippen LogP contribution in [0.1, 0.15) is 65.2 Å². The van der Waals surface area contributed by atoms with E-state index in [-0.39, 0.29) is 5.41 Å². The molecule has 0 bridgehead atoms. The lowest BCUT2D eigenvalue weighted by molar-refractivity contribution is -0.131. The van der Waals surface area contributed by atoms with Gasteiger partial charge in [-0.05, 0) is 68.1 Å². The lowest BCUT2D eigenvalue weighted by Gasteiger charge is -2.56. The van der Waals surface area contributed by atoms with E-state index in [0.717, 1.165) is 37.5 Å². The highest BCUT2D eigenvalue weighted by molar-refractivity contribution is 6.20. The minimum atomic E-state index is 0.00650. The fourth-order valence-electron chi connectivity index (χ4n) is 6.39. The number of hydrogen-bond acceptors (Lipinski definition) is 1. The normalized spacial score (nSPS) is 52.7. The second-order valence-electron chi connectivity index (χ2n) is 8.52. The van der Waals surface area contributed by atoms with E-state index in [4.69, 9.17) is 11.6 Å². The lowest BCUT2D eigenvalue weighted by Crippen LogP contribution is -2.50. The second-order valence-corrected chi connectivity index (χ2v) is 9.13. The summed E-state index contributed by atoms with van der Waals surface area (Å²) < 4.78 is 0. The Morgan fingerprint density at radius 2 is 1.81 bits per heavy atom. The van der Waals surface area contributed by atoms with Crippen molar-refractivity contribution in [3.8, 4) is 0 Å². The largest absolute Gasteiger partial charge is 0.299 e. The number of carbonyl (C=O) groups is 1. The minimum absolute atomic E-state index is 0.00650. The first-order valence-electron chi connectivity index (χ1n) is 8.82. The smallest absolute Gasteiger partial charge is 0.139 e. The number of carbonyl (C=O) groups excluding carboxylic acids is 1. The Morgan fingerprint density at radius 1 is 1.10 bits per heavy atom. The topological polar surface area (TPSA) is 17.1 Å². The molecule has 0 spiro atoms. The van der Waals surface area contributed by atoms with E-state index in [0.29, 0.717) is 22.5 Å². The van der Waals surface area contributed by atoms with Crippen LogP contribution in [0.3, 0.4) is 0 Å². The summed E-state index contributed by atoms with van der Waals surface area (Å²) in [6.07, 6.45) is 11.6. The number of Topliss-reactive ketones (excluding diaryl/α,β-unsaturated/α-hetero) is 1. The molecule has 0 saturated heterocycles. The zero-order valence-corrected chi connectivity index (χ0v) is 14.1. The van der Waals surface area contributed by atoms with Crippen molar-refractivity contribution in [3.05, 3.63) is 11.6 Å². The Labute approximate surface area is 133 Å². The standard InChI is InChI=1S/C19H27ClO/c1-18-9-7-13(20)11-12(18)3-4-14-15-5-6-17(21)19(15,2)10-8-16(14)18/h3,13-16H,4-11H2,1-2H3/t13-,14+,15-,16-,18-,19-/m0/s1. The molecule has 21 heavy (non-hydrogen) atoms. The van der Waals surface area contributed by atoms with Crippen LogP contribution in [0.15, 0.2) is 11.6 Å². The summed E-state index contributed by atoms with van der Waals surface area (Å²) in [7, 11) is 0. The van der Waals surface area contributed by atoms with E-state index >= 15 is 0 Å². The third-order valence-corrected chi connectivity index (χ3v) is 8.13. The van der Waals surface area contributed by atoms with E-state index in [1.807, 2.05) is 0 Å². The predicted octanol–water partition coefficient (Wildman–Crippen LogP) is 5.13. The molecule has 4 aliphatic carbocycles. The van der Waals surface area contributed by atoms with Gasteiger partial charge in [-0.15, -0.1) is 11.6 Å². The van der Waals surface area contributed by atoms with Gasteiger partial charge in [0, 0.05) is 17.2 Å². The van der Waals surface area contributed by atoms with E-state index in [2.05, 4.69) is 19.9 Å². The fraction of sp³-hybridized carbons (Fsp3) is 0.842. The molecule has 0 amide bonds. The van der Waals surface area contributed by atoms with Crippen molar-refractivity contribution >= 4 is 17.4 Å². The summed E-state index contributed by atoms with van der Waals surface area (Å²) in [5.74, 6) is 2.74. The summed E-state index contributed by atoms with van der Waals surface area (Å²) in [5, 5.41) is 0.350. The van der Waals surface area contributed by atoms with Gasteiger partial charge >= 0.3 is 0 Å². The Morgan fingerprint density at radius 3 is 2.62 bits per heavy atom. The van der Waals surface area contributed by atoms with Crippen LogP contribution in [0.25, 0.3) is 0 Å². The molecular weight excluding hydrogens is 280 g/mol. The SMILES string of the molecule is C[C@]12CC[C@H](Cl)CC1=CC[C@H]1[C@@H]2CC[C@]2(C)C(=O)CC[C@@H]12. The molecule has 0 heterocycles. The van der Waals surface area contributed by atoms with E-state index in [1.54, 1.807) is 5.57 Å². The summed E-state index contributed by atoms with van der Waals surface area (Å²) in [4.78, 5) is 12.4. The Bertz CT molecular complexity index is 510. The van der Waals surface area contributed by atoms with Crippen LogP contribution >= 0.6 is 11.6 Å². The molecule has 3 saturated carbocycles. The van der Waals surface area contributed by atoms with Crippen molar-refractivity contribution in [1.29, 1.82) is 0 Å². The van der Waals surface area contributed by atoms with Crippen molar-refractivity contribution in [2.75, 3.05) is 0 Å². The molecule has 6 atom stereocenters. The second kappa shape index (κ2) is 4.60. The fourth-order valence-corrected chi connectivity index (χ4v) is 6.66. The van der Waals surface area contributed by atoms with Crippen LogP contribution < -0.4 is 0 Å². The van der Waals surface area contributed by atoms with Crippen molar-refractivity contribution in [2.24, 2.45) is 28.6 Å². The molecule has 4 aliphatic rings. The van der Waals surface area contributed by atoms with E-state index < -0.39 is 0 Å². The lowest BCUT2D eigenvalue weighted by atomic mass is 9.48. The summed E-state index contributed by atoms with van der Waals surface area (Å²) in [5.41, 5.74) is 2.02. The highest BCUT2D eigenvalue weighted by Gasteiger charge is 2.58. The van der Waals surface area contributed by atoms with Gasteiger partial charge in [0.25, 0.3) is 0 Å². The number of allylic oxidation sites excluding steroid dienone is 2. The number of ketones is 1. The average Bonchev–Trinajstić information content (AvgIpc) is 2.76. The highest BCUT2D eigenvalue weighted by atomic mass is 35.5. The van der Waals surface area contributed by atoms with E-state index in [1.165, 1.54) is 25.7 Å². The molecule has 3 fully saturated rings. The minimum Gasteiger partial charge on any atom is -0.299 e. The Kier molecular flexibility index (Phi) is 3.13. The molecule has 116 valence electrons. The molecule has 0 radical (unpaired) electrons. The quantitative estimate of drug-likeness (QED) is 0.448. The zero-order valence-electron chi connectivity index (χ0n) is 13.3. The summed E-state index contributed by atoms with van der Waals surface area (Å²) in [6, 6.07) is 0. The average molecular weight is 307 g/mol. The van der Waals surface area contributed by atoms with Gasteiger partial charge in [0.05, 0.1) is 0 Å². The van der Waals surface area contributed by atoms with Crippen molar-refractivity contribution in [1.82, 2.24) is 0 Å². The zero-order chi connectivity index (χ0) is 14.8. The van der Waals surface area contributed by atoms with Gasteiger partial charge in [0.15, 0.2) is 0 Å². The van der Waals surface area contributed by atoms with Crippen molar-refractivity contribution < 1.29 is 4.79 Å². The number of hydrogen-bond donors (Lipinski definition) is 0. The maximum Gasteiger partial charge on any atom is 0.139 e. The van der Waals surface area contributed by atoms with Crippen LogP contribution in [0.5, 0.6) is 0 Å². The number of alkyl halides is 1.